The molecule has 0 bridgehead atoms. The zero-order valence-electron chi connectivity index (χ0n) is 12.3. The van der Waals surface area contributed by atoms with E-state index in [-0.39, 0.29) is 6.04 Å². The minimum Gasteiger partial charge on any atom is -0.207 e. The average molecular weight is 360 g/mol. The van der Waals surface area contributed by atoms with Crippen molar-refractivity contribution in [2.75, 3.05) is 7.05 Å². The summed E-state index contributed by atoms with van der Waals surface area (Å²) in [5.74, 6) is 0. The van der Waals surface area contributed by atoms with Crippen LogP contribution in [0.15, 0.2) is 21.5 Å². The van der Waals surface area contributed by atoms with Gasteiger partial charge < -0.3 is 0 Å². The lowest BCUT2D eigenvalue weighted by atomic mass is 9.96. The van der Waals surface area contributed by atoms with Gasteiger partial charge in [-0.05, 0) is 49.9 Å². The SMILES string of the molecule is Cc1cc(S(=O)(=O)N(C)C2CCCCC2)c(C)cc1Br. The first kappa shape index (κ1) is 16.0. The van der Waals surface area contributed by atoms with E-state index in [1.165, 1.54) is 6.42 Å². The Balaban J connectivity index is 2.36. The number of hydrogen-bond acceptors (Lipinski definition) is 2. The van der Waals surface area contributed by atoms with Crippen molar-refractivity contribution >= 4 is 26.0 Å². The van der Waals surface area contributed by atoms with Crippen molar-refractivity contribution in [3.63, 3.8) is 0 Å². The molecule has 1 aromatic carbocycles. The second-order valence-electron chi connectivity index (χ2n) is 5.68. The highest BCUT2D eigenvalue weighted by Gasteiger charge is 2.30. The van der Waals surface area contributed by atoms with Gasteiger partial charge in [0.15, 0.2) is 0 Å². The van der Waals surface area contributed by atoms with Crippen LogP contribution in [0, 0.1) is 13.8 Å². The van der Waals surface area contributed by atoms with Crippen molar-refractivity contribution in [3.8, 4) is 0 Å². The summed E-state index contributed by atoms with van der Waals surface area (Å²) in [7, 11) is -1.67. The predicted molar refractivity (Wildman–Crippen MR) is 85.4 cm³/mol. The van der Waals surface area contributed by atoms with Crippen molar-refractivity contribution in [1.82, 2.24) is 4.31 Å². The molecule has 2 rings (SSSR count). The van der Waals surface area contributed by atoms with E-state index in [1.807, 2.05) is 19.9 Å². The normalized spacial score (nSPS) is 17.6. The Morgan fingerprint density at radius 1 is 1.10 bits per heavy atom. The molecular weight excluding hydrogens is 338 g/mol. The number of nitrogens with zero attached hydrogens (tertiary/aromatic N) is 1. The quantitative estimate of drug-likeness (QED) is 0.817. The van der Waals surface area contributed by atoms with Crippen LogP contribution in [0.2, 0.25) is 0 Å². The summed E-state index contributed by atoms with van der Waals surface area (Å²) >= 11 is 3.45. The fourth-order valence-corrected chi connectivity index (χ4v) is 4.99. The average Bonchev–Trinajstić information content (AvgIpc) is 2.42. The van der Waals surface area contributed by atoms with Gasteiger partial charge in [-0.25, -0.2) is 8.42 Å². The Bertz CT molecular complexity index is 592. The van der Waals surface area contributed by atoms with Gasteiger partial charge >= 0.3 is 0 Å². The Morgan fingerprint density at radius 2 is 1.70 bits per heavy atom. The fraction of sp³-hybridized carbons (Fsp3) is 0.600. The lowest BCUT2D eigenvalue weighted by molar-refractivity contribution is 0.285. The topological polar surface area (TPSA) is 37.4 Å². The molecule has 0 aliphatic heterocycles. The maximum atomic E-state index is 12.8. The summed E-state index contributed by atoms with van der Waals surface area (Å²) in [6, 6.07) is 3.81. The van der Waals surface area contributed by atoms with E-state index < -0.39 is 10.0 Å². The number of hydrogen-bond donors (Lipinski definition) is 0. The summed E-state index contributed by atoms with van der Waals surface area (Å²) in [5, 5.41) is 0. The third-order valence-electron chi connectivity index (χ3n) is 4.20. The maximum absolute atomic E-state index is 12.8. The van der Waals surface area contributed by atoms with E-state index in [0.29, 0.717) is 4.90 Å². The smallest absolute Gasteiger partial charge is 0.207 e. The van der Waals surface area contributed by atoms with E-state index >= 15 is 0 Å². The zero-order valence-corrected chi connectivity index (χ0v) is 14.7. The van der Waals surface area contributed by atoms with Gasteiger partial charge in [0.2, 0.25) is 10.0 Å². The van der Waals surface area contributed by atoms with Gasteiger partial charge in [0, 0.05) is 17.6 Å². The van der Waals surface area contributed by atoms with Gasteiger partial charge in [-0.2, -0.15) is 4.31 Å². The molecule has 0 amide bonds. The standard InChI is InChI=1S/C15H22BrNO2S/c1-11-10-15(12(2)9-14(11)16)20(18,19)17(3)13-7-5-4-6-8-13/h9-10,13H,4-8H2,1-3H3. The maximum Gasteiger partial charge on any atom is 0.243 e. The number of rotatable bonds is 3. The first-order valence-corrected chi connectivity index (χ1v) is 9.32. The Kier molecular flexibility index (Phi) is 4.92. The molecule has 0 heterocycles. The molecule has 3 nitrogen and oxygen atoms in total. The fourth-order valence-electron chi connectivity index (χ4n) is 2.83. The summed E-state index contributed by atoms with van der Waals surface area (Å²) in [5.41, 5.74) is 1.75. The number of sulfonamides is 1. The largest absolute Gasteiger partial charge is 0.243 e. The predicted octanol–water partition coefficient (Wildman–Crippen LogP) is 4.02. The van der Waals surface area contributed by atoms with Crippen molar-refractivity contribution in [2.45, 2.75) is 56.9 Å². The lowest BCUT2D eigenvalue weighted by Crippen LogP contribution is -2.38. The molecule has 1 aromatic rings. The van der Waals surface area contributed by atoms with Crippen molar-refractivity contribution in [3.05, 3.63) is 27.7 Å². The number of halogens is 1. The van der Waals surface area contributed by atoms with E-state index in [0.717, 1.165) is 41.3 Å². The molecule has 1 aliphatic rings. The van der Waals surface area contributed by atoms with Crippen LogP contribution in [-0.4, -0.2) is 25.8 Å². The summed E-state index contributed by atoms with van der Waals surface area (Å²) in [4.78, 5) is 0.436. The molecule has 1 saturated carbocycles. The first-order chi connectivity index (χ1) is 9.34. The van der Waals surface area contributed by atoms with Gasteiger partial charge in [0.1, 0.15) is 0 Å². The number of benzene rings is 1. The Morgan fingerprint density at radius 3 is 2.30 bits per heavy atom. The minimum atomic E-state index is -3.40. The van der Waals surface area contributed by atoms with Gasteiger partial charge in [0.05, 0.1) is 4.90 Å². The van der Waals surface area contributed by atoms with Gasteiger partial charge in [-0.1, -0.05) is 35.2 Å². The number of aryl methyl sites for hydroxylation is 2. The van der Waals surface area contributed by atoms with E-state index in [1.54, 1.807) is 17.4 Å². The molecule has 0 atom stereocenters. The zero-order chi connectivity index (χ0) is 14.9. The minimum absolute atomic E-state index is 0.150. The highest BCUT2D eigenvalue weighted by atomic mass is 79.9. The molecule has 1 aliphatic carbocycles. The summed E-state index contributed by atoms with van der Waals surface area (Å²) in [6.07, 6.45) is 5.43. The van der Waals surface area contributed by atoms with Crippen LogP contribution in [0.25, 0.3) is 0 Å². The van der Waals surface area contributed by atoms with Crippen LogP contribution in [0.3, 0.4) is 0 Å². The van der Waals surface area contributed by atoms with Gasteiger partial charge in [-0.15, -0.1) is 0 Å². The lowest BCUT2D eigenvalue weighted by Gasteiger charge is -2.31. The molecule has 112 valence electrons. The second-order valence-corrected chi connectivity index (χ2v) is 8.50. The highest BCUT2D eigenvalue weighted by molar-refractivity contribution is 9.10. The van der Waals surface area contributed by atoms with Crippen LogP contribution < -0.4 is 0 Å². The molecule has 0 spiro atoms. The molecule has 0 aromatic heterocycles. The molecule has 0 saturated heterocycles. The third-order valence-corrected chi connectivity index (χ3v) is 7.11. The van der Waals surface area contributed by atoms with Crippen molar-refractivity contribution in [2.24, 2.45) is 0 Å². The van der Waals surface area contributed by atoms with E-state index in [4.69, 9.17) is 0 Å². The van der Waals surface area contributed by atoms with Crippen LogP contribution >= 0.6 is 15.9 Å². The van der Waals surface area contributed by atoms with Gasteiger partial charge in [-0.3, -0.25) is 0 Å². The van der Waals surface area contributed by atoms with Crippen LogP contribution in [-0.2, 0) is 10.0 Å². The van der Waals surface area contributed by atoms with Crippen LogP contribution in [0.5, 0.6) is 0 Å². The molecule has 0 N–H and O–H groups in total. The highest BCUT2D eigenvalue weighted by Crippen LogP contribution is 2.30. The Labute approximate surface area is 130 Å². The van der Waals surface area contributed by atoms with E-state index in [2.05, 4.69) is 15.9 Å². The van der Waals surface area contributed by atoms with Crippen LogP contribution in [0.1, 0.15) is 43.2 Å². The monoisotopic (exact) mass is 359 g/mol. The van der Waals surface area contributed by atoms with Crippen molar-refractivity contribution < 1.29 is 8.42 Å². The molecule has 5 heteroatoms. The second kappa shape index (κ2) is 6.16. The Hall–Kier alpha value is -0.390. The molecular formula is C15H22BrNO2S. The molecule has 1 fully saturated rings. The molecule has 0 unspecified atom stereocenters. The van der Waals surface area contributed by atoms with Gasteiger partial charge in [0.25, 0.3) is 0 Å². The summed E-state index contributed by atoms with van der Waals surface area (Å²) in [6.45, 7) is 3.77. The van der Waals surface area contributed by atoms with Crippen molar-refractivity contribution in [1.29, 1.82) is 0 Å². The molecule has 20 heavy (non-hydrogen) atoms. The first-order valence-electron chi connectivity index (χ1n) is 7.09. The third kappa shape index (κ3) is 3.10. The van der Waals surface area contributed by atoms with E-state index in [9.17, 15) is 8.42 Å². The molecule has 0 radical (unpaired) electrons. The summed E-state index contributed by atoms with van der Waals surface area (Å²) < 4.78 is 28.2. The van der Waals surface area contributed by atoms with Crippen LogP contribution in [0.4, 0.5) is 0 Å².